The lowest BCUT2D eigenvalue weighted by atomic mass is 10.1. The molecule has 1 amide bonds. The molecule has 0 aliphatic heterocycles. The van der Waals surface area contributed by atoms with Crippen LogP contribution in [-0.2, 0) is 4.79 Å². The predicted molar refractivity (Wildman–Crippen MR) is 136 cm³/mol. The standard InChI is InChI=1S/C26H25N5O3S/c1-17-4-9-20(10-5-17)25-29-30-26(31(25)21-11-6-18(2)7-12-21)35-16-24(33)28-27-15-19-8-13-22(32)23(14-19)34-3/h4-15H,16H2,1-3H3,(H2,27,28,32,33)/p+1. The average Bonchev–Trinajstić information content (AvgIpc) is 3.28. The minimum atomic E-state index is -0.271. The van der Waals surface area contributed by atoms with Gasteiger partial charge >= 0.3 is 5.16 Å². The van der Waals surface area contributed by atoms with Gasteiger partial charge < -0.3 is 9.84 Å². The molecule has 1 aromatic heterocycles. The lowest BCUT2D eigenvalue weighted by molar-refractivity contribution is -0.625. The Balaban J connectivity index is 1.49. The number of carbonyl (C=O) groups excluding carboxylic acids is 1. The molecule has 35 heavy (non-hydrogen) atoms. The SMILES string of the molecule is COc1cc(C=NNC(=O)CSc2n[nH]c(-c3ccc(C)cc3)[n+]2-c2ccc(C)cc2)ccc1O. The highest BCUT2D eigenvalue weighted by molar-refractivity contribution is 7.99. The van der Waals surface area contributed by atoms with E-state index < -0.39 is 0 Å². The summed E-state index contributed by atoms with van der Waals surface area (Å²) < 4.78 is 7.09. The maximum absolute atomic E-state index is 12.4. The van der Waals surface area contributed by atoms with Crippen molar-refractivity contribution < 1.29 is 19.2 Å². The fourth-order valence-electron chi connectivity index (χ4n) is 3.35. The van der Waals surface area contributed by atoms with E-state index in [9.17, 15) is 9.90 Å². The van der Waals surface area contributed by atoms with Gasteiger partial charge in [-0.2, -0.15) is 9.67 Å². The first-order chi connectivity index (χ1) is 16.9. The van der Waals surface area contributed by atoms with Crippen LogP contribution in [0.4, 0.5) is 0 Å². The quantitative estimate of drug-likeness (QED) is 0.151. The van der Waals surface area contributed by atoms with E-state index in [0.29, 0.717) is 16.5 Å². The molecule has 4 aromatic rings. The van der Waals surface area contributed by atoms with Gasteiger partial charge in [-0.15, -0.1) is 5.10 Å². The van der Waals surface area contributed by atoms with E-state index >= 15 is 0 Å². The Hall–Kier alpha value is -4.11. The van der Waals surface area contributed by atoms with Crippen LogP contribution < -0.4 is 14.7 Å². The highest BCUT2D eigenvalue weighted by Gasteiger charge is 2.24. The second kappa shape index (κ2) is 10.9. The predicted octanol–water partition coefficient (Wildman–Crippen LogP) is 3.93. The maximum atomic E-state index is 12.4. The Morgan fingerprint density at radius 3 is 2.49 bits per heavy atom. The lowest BCUT2D eigenvalue weighted by Crippen LogP contribution is -2.34. The average molecular weight is 489 g/mol. The van der Waals surface area contributed by atoms with E-state index in [2.05, 4.69) is 32.9 Å². The number of amides is 1. The lowest BCUT2D eigenvalue weighted by Gasteiger charge is -2.05. The number of ether oxygens (including phenoxy) is 1. The third-order valence-electron chi connectivity index (χ3n) is 5.23. The summed E-state index contributed by atoms with van der Waals surface area (Å²) in [5, 5.41) is 21.9. The van der Waals surface area contributed by atoms with Gasteiger partial charge in [0, 0.05) is 0 Å². The summed E-state index contributed by atoms with van der Waals surface area (Å²) in [5.41, 5.74) is 7.48. The number of hydrazone groups is 1. The van der Waals surface area contributed by atoms with Crippen molar-refractivity contribution in [1.29, 1.82) is 0 Å². The fraction of sp³-hybridized carbons (Fsp3) is 0.154. The van der Waals surface area contributed by atoms with Crippen molar-refractivity contribution >= 4 is 23.9 Å². The van der Waals surface area contributed by atoms with Crippen molar-refractivity contribution in [2.75, 3.05) is 12.9 Å². The number of benzene rings is 3. The van der Waals surface area contributed by atoms with Gasteiger partial charge in [0.25, 0.3) is 11.7 Å². The molecule has 0 saturated heterocycles. The molecule has 0 bridgehead atoms. The van der Waals surface area contributed by atoms with Crippen LogP contribution >= 0.6 is 11.8 Å². The van der Waals surface area contributed by atoms with E-state index in [4.69, 9.17) is 4.74 Å². The number of methoxy groups -OCH3 is 1. The summed E-state index contributed by atoms with van der Waals surface area (Å²) in [7, 11) is 1.47. The van der Waals surface area contributed by atoms with Crippen molar-refractivity contribution in [1.82, 2.24) is 15.6 Å². The topological polar surface area (TPSA) is 103 Å². The molecule has 0 fully saturated rings. The summed E-state index contributed by atoms with van der Waals surface area (Å²) >= 11 is 1.31. The number of hydrogen-bond acceptors (Lipinski definition) is 6. The molecule has 3 N–H and O–H groups in total. The number of rotatable bonds is 8. The summed E-state index contributed by atoms with van der Waals surface area (Å²) in [5.74, 6) is 1.05. The van der Waals surface area contributed by atoms with Crippen molar-refractivity contribution in [2.24, 2.45) is 5.10 Å². The number of hydrogen-bond donors (Lipinski definition) is 3. The van der Waals surface area contributed by atoms with Gasteiger partial charge in [-0.3, -0.25) is 4.79 Å². The Labute approximate surface area is 207 Å². The van der Waals surface area contributed by atoms with Gasteiger partial charge in [0.2, 0.25) is 0 Å². The zero-order valence-electron chi connectivity index (χ0n) is 19.6. The minimum absolute atomic E-state index is 0.0379. The molecular weight excluding hydrogens is 462 g/mol. The number of nitrogens with one attached hydrogen (secondary N) is 2. The van der Waals surface area contributed by atoms with E-state index in [-0.39, 0.29) is 17.4 Å². The molecule has 178 valence electrons. The molecule has 3 aromatic carbocycles. The number of carbonyl (C=O) groups is 1. The molecule has 0 unspecified atom stereocenters. The number of phenolic OH excluding ortho intramolecular Hbond substituents is 1. The highest BCUT2D eigenvalue weighted by Crippen LogP contribution is 2.25. The van der Waals surface area contributed by atoms with Gasteiger partial charge in [0.1, 0.15) is 5.69 Å². The van der Waals surface area contributed by atoms with Crippen LogP contribution in [0.15, 0.2) is 77.0 Å². The summed E-state index contributed by atoms with van der Waals surface area (Å²) in [6.07, 6.45) is 1.49. The maximum Gasteiger partial charge on any atom is 0.342 e. The van der Waals surface area contributed by atoms with Crippen molar-refractivity contribution in [3.05, 3.63) is 83.4 Å². The van der Waals surface area contributed by atoms with Crippen LogP contribution in [-0.4, -0.2) is 40.3 Å². The van der Waals surface area contributed by atoms with E-state index in [1.165, 1.54) is 36.7 Å². The van der Waals surface area contributed by atoms with E-state index in [1.807, 2.05) is 54.8 Å². The highest BCUT2D eigenvalue weighted by atomic mass is 32.2. The summed E-state index contributed by atoms with van der Waals surface area (Å²) in [4.78, 5) is 12.4. The van der Waals surface area contributed by atoms with Gasteiger partial charge in [-0.05, 0) is 73.6 Å². The van der Waals surface area contributed by atoms with E-state index in [0.717, 1.165) is 22.6 Å². The molecule has 1 heterocycles. The van der Waals surface area contributed by atoms with Crippen molar-refractivity contribution in [3.63, 3.8) is 0 Å². The second-order valence-corrected chi connectivity index (χ2v) is 8.85. The number of aromatic nitrogens is 3. The third kappa shape index (κ3) is 5.88. The van der Waals surface area contributed by atoms with Gasteiger partial charge in [-0.1, -0.05) is 35.4 Å². The van der Waals surface area contributed by atoms with Crippen LogP contribution in [0.1, 0.15) is 16.7 Å². The van der Waals surface area contributed by atoms with Crippen LogP contribution in [0.3, 0.4) is 0 Å². The number of H-pyrrole nitrogens is 1. The smallest absolute Gasteiger partial charge is 0.342 e. The van der Waals surface area contributed by atoms with Crippen LogP contribution in [0.2, 0.25) is 0 Å². The number of nitrogens with zero attached hydrogens (tertiary/aromatic N) is 3. The van der Waals surface area contributed by atoms with Crippen molar-refractivity contribution in [3.8, 4) is 28.6 Å². The zero-order chi connectivity index (χ0) is 24.8. The molecule has 0 saturated carbocycles. The first-order valence-electron chi connectivity index (χ1n) is 10.9. The van der Waals surface area contributed by atoms with Crippen LogP contribution in [0.5, 0.6) is 11.5 Å². The Kier molecular flexibility index (Phi) is 7.47. The summed E-state index contributed by atoms with van der Waals surface area (Å²) in [6.45, 7) is 4.09. The third-order valence-corrected chi connectivity index (χ3v) is 6.17. The Morgan fingerprint density at radius 1 is 1.11 bits per heavy atom. The molecule has 0 aliphatic carbocycles. The van der Waals surface area contributed by atoms with Crippen molar-refractivity contribution in [2.45, 2.75) is 19.0 Å². The summed E-state index contributed by atoms with van der Waals surface area (Å²) in [6, 6.07) is 21.1. The minimum Gasteiger partial charge on any atom is -0.504 e. The van der Waals surface area contributed by atoms with Gasteiger partial charge in [-0.25, -0.2) is 5.43 Å². The number of phenols is 1. The number of thioether (sulfide) groups is 1. The fourth-order valence-corrected chi connectivity index (χ4v) is 4.11. The van der Waals surface area contributed by atoms with Crippen LogP contribution in [0, 0.1) is 13.8 Å². The largest absolute Gasteiger partial charge is 0.504 e. The first kappa shape index (κ1) is 24.0. The molecule has 0 radical (unpaired) electrons. The second-order valence-electron chi connectivity index (χ2n) is 7.90. The molecule has 4 rings (SSSR count). The Bertz CT molecular complexity index is 1350. The monoisotopic (exact) mass is 488 g/mol. The molecule has 9 heteroatoms. The number of aromatic hydroxyl groups is 1. The Morgan fingerprint density at radius 2 is 1.80 bits per heavy atom. The molecule has 0 aliphatic rings. The van der Waals surface area contributed by atoms with Gasteiger partial charge in [0.15, 0.2) is 11.5 Å². The first-order valence-corrected chi connectivity index (χ1v) is 11.9. The van der Waals surface area contributed by atoms with Crippen LogP contribution in [0.25, 0.3) is 17.1 Å². The number of aromatic amines is 1. The normalized spacial score (nSPS) is 11.1. The molecule has 0 spiro atoms. The van der Waals surface area contributed by atoms with Gasteiger partial charge in [0.05, 0.1) is 29.7 Å². The van der Waals surface area contributed by atoms with E-state index in [1.54, 1.807) is 12.1 Å². The molecule has 8 nitrogen and oxygen atoms in total. The zero-order valence-corrected chi connectivity index (χ0v) is 20.5. The number of aryl methyl sites for hydroxylation is 2. The molecule has 0 atom stereocenters. The molecular formula is C26H26N5O3S+.